The predicted molar refractivity (Wildman–Crippen MR) is 131 cm³/mol. The van der Waals surface area contributed by atoms with Crippen LogP contribution in [0.25, 0.3) is 10.9 Å². The van der Waals surface area contributed by atoms with Gasteiger partial charge in [0.05, 0.1) is 28.0 Å². The molecule has 3 rings (SSSR count). The zero-order valence-electron chi connectivity index (χ0n) is 20.0. The van der Waals surface area contributed by atoms with E-state index in [2.05, 4.69) is 24.5 Å². The van der Waals surface area contributed by atoms with Crippen LogP contribution >= 0.6 is 0 Å². The molecule has 0 atom stereocenters. The van der Waals surface area contributed by atoms with Gasteiger partial charge in [0.25, 0.3) is 5.91 Å². The molecule has 0 aliphatic heterocycles. The smallest absolute Gasteiger partial charge is 0.338 e. The fraction of sp³-hybridized carbons (Fsp3) is 0.346. The Morgan fingerprint density at radius 1 is 1.03 bits per heavy atom. The Morgan fingerprint density at radius 3 is 2.36 bits per heavy atom. The van der Waals surface area contributed by atoms with Gasteiger partial charge in [-0.05, 0) is 51.0 Å². The summed E-state index contributed by atoms with van der Waals surface area (Å²) in [6.45, 7) is 11.7. The third kappa shape index (κ3) is 5.80. The van der Waals surface area contributed by atoms with Gasteiger partial charge in [0.1, 0.15) is 5.60 Å². The lowest BCUT2D eigenvalue weighted by atomic mass is 10.1. The average Bonchev–Trinajstić information content (AvgIpc) is 3.11. The first kappa shape index (κ1) is 24.0. The number of hydrogen-bond acceptors (Lipinski definition) is 5. The molecule has 1 aromatic heterocycles. The van der Waals surface area contributed by atoms with Crippen molar-refractivity contribution >= 4 is 40.1 Å². The van der Waals surface area contributed by atoms with Crippen molar-refractivity contribution in [2.75, 3.05) is 17.2 Å². The number of hydrogen-bond donors (Lipinski definition) is 2. The summed E-state index contributed by atoms with van der Waals surface area (Å²) < 4.78 is 6.94. The lowest BCUT2D eigenvalue weighted by Gasteiger charge is -2.20. The molecule has 174 valence electrons. The Hall–Kier alpha value is -3.61. The van der Waals surface area contributed by atoms with E-state index in [1.165, 1.54) is 11.5 Å². The largest absolute Gasteiger partial charge is 0.456 e. The number of ether oxygens (including phenoxy) is 1. The number of aromatic nitrogens is 1. The number of fused-ring (bicyclic) bond motifs is 1. The molecule has 3 aromatic rings. The van der Waals surface area contributed by atoms with E-state index >= 15 is 0 Å². The lowest BCUT2D eigenvalue weighted by molar-refractivity contribution is 0.00693. The van der Waals surface area contributed by atoms with Crippen LogP contribution in [0.3, 0.4) is 0 Å². The predicted octanol–water partition coefficient (Wildman–Crippen LogP) is 5.58. The SMILES string of the molecule is CC(=O)n1cc(C(=O)Nc2cc(C(=O)OC(C)(C)C)ccc2NCC(C)C)c2ccccc21. The number of anilines is 2. The topological polar surface area (TPSA) is 89.4 Å². The third-order valence-electron chi connectivity index (χ3n) is 4.90. The highest BCUT2D eigenvalue weighted by molar-refractivity contribution is 6.15. The van der Waals surface area contributed by atoms with Gasteiger partial charge in [-0.25, -0.2) is 4.79 Å². The quantitative estimate of drug-likeness (QED) is 0.480. The van der Waals surface area contributed by atoms with Crippen LogP contribution in [0.5, 0.6) is 0 Å². The third-order valence-corrected chi connectivity index (χ3v) is 4.90. The Bertz CT molecular complexity index is 1200. The number of amides is 1. The van der Waals surface area contributed by atoms with E-state index in [1.54, 1.807) is 57.3 Å². The highest BCUT2D eigenvalue weighted by Gasteiger charge is 2.21. The number of benzene rings is 2. The normalized spacial score (nSPS) is 11.5. The first-order valence-electron chi connectivity index (χ1n) is 11.0. The van der Waals surface area contributed by atoms with E-state index in [0.717, 1.165) is 0 Å². The van der Waals surface area contributed by atoms with Crippen molar-refractivity contribution in [3.05, 3.63) is 59.8 Å². The highest BCUT2D eigenvalue weighted by Crippen LogP contribution is 2.28. The van der Waals surface area contributed by atoms with Gasteiger partial charge < -0.3 is 15.4 Å². The van der Waals surface area contributed by atoms with Gasteiger partial charge >= 0.3 is 5.97 Å². The number of rotatable bonds is 6. The van der Waals surface area contributed by atoms with Gasteiger partial charge in [-0.2, -0.15) is 0 Å². The molecule has 7 heteroatoms. The number of nitrogens with one attached hydrogen (secondary N) is 2. The second kappa shape index (κ2) is 9.48. The monoisotopic (exact) mass is 449 g/mol. The molecule has 2 aromatic carbocycles. The molecule has 1 amide bonds. The van der Waals surface area contributed by atoms with E-state index in [-0.39, 0.29) is 11.8 Å². The van der Waals surface area contributed by atoms with Crippen molar-refractivity contribution in [2.45, 2.75) is 47.1 Å². The summed E-state index contributed by atoms with van der Waals surface area (Å²) >= 11 is 0. The molecule has 0 aliphatic carbocycles. The van der Waals surface area contributed by atoms with Crippen LogP contribution in [0.4, 0.5) is 11.4 Å². The standard InChI is InChI=1S/C26H31N3O4/c1-16(2)14-27-21-12-11-18(25(32)33-26(4,5)6)13-22(21)28-24(31)20-15-29(17(3)30)23-10-8-7-9-19(20)23/h7-13,15-16,27H,14H2,1-6H3,(H,28,31). The highest BCUT2D eigenvalue weighted by atomic mass is 16.6. The molecular weight excluding hydrogens is 418 g/mol. The Balaban J connectivity index is 1.99. The summed E-state index contributed by atoms with van der Waals surface area (Å²) in [7, 11) is 0. The van der Waals surface area contributed by atoms with Crippen molar-refractivity contribution < 1.29 is 19.1 Å². The molecule has 2 N–H and O–H groups in total. The van der Waals surface area contributed by atoms with E-state index in [1.807, 2.05) is 12.1 Å². The zero-order valence-corrected chi connectivity index (χ0v) is 20.0. The van der Waals surface area contributed by atoms with Gasteiger partial charge in [-0.3, -0.25) is 14.2 Å². The molecule has 1 heterocycles. The number of para-hydroxylation sites is 1. The van der Waals surface area contributed by atoms with Crippen LogP contribution in [-0.2, 0) is 4.74 Å². The van der Waals surface area contributed by atoms with Crippen LogP contribution in [0, 0.1) is 5.92 Å². The second-order valence-corrected chi connectivity index (χ2v) is 9.44. The van der Waals surface area contributed by atoms with Crippen LogP contribution in [0.15, 0.2) is 48.7 Å². The zero-order chi connectivity index (χ0) is 24.3. The van der Waals surface area contributed by atoms with Crippen molar-refractivity contribution in [1.82, 2.24) is 4.57 Å². The maximum Gasteiger partial charge on any atom is 0.338 e. The first-order chi connectivity index (χ1) is 15.5. The van der Waals surface area contributed by atoms with Crippen molar-refractivity contribution in [3.8, 4) is 0 Å². The number of esters is 1. The van der Waals surface area contributed by atoms with Crippen LogP contribution in [0.2, 0.25) is 0 Å². The maximum absolute atomic E-state index is 13.3. The van der Waals surface area contributed by atoms with Gasteiger partial charge in [-0.1, -0.05) is 32.0 Å². The van der Waals surface area contributed by atoms with Crippen molar-refractivity contribution in [1.29, 1.82) is 0 Å². The number of nitrogens with zero attached hydrogens (tertiary/aromatic N) is 1. The summed E-state index contributed by atoms with van der Waals surface area (Å²) in [5, 5.41) is 6.91. The van der Waals surface area contributed by atoms with Gasteiger partial charge in [0.2, 0.25) is 5.91 Å². The van der Waals surface area contributed by atoms with E-state index < -0.39 is 11.6 Å². The van der Waals surface area contributed by atoms with Gasteiger partial charge in [0, 0.05) is 25.1 Å². The van der Waals surface area contributed by atoms with Gasteiger partial charge in [0.15, 0.2) is 0 Å². The maximum atomic E-state index is 13.3. The molecule has 33 heavy (non-hydrogen) atoms. The molecule has 0 saturated heterocycles. The fourth-order valence-corrected chi connectivity index (χ4v) is 3.39. The number of carbonyl (C=O) groups is 3. The second-order valence-electron chi connectivity index (χ2n) is 9.44. The molecule has 0 radical (unpaired) electrons. The minimum Gasteiger partial charge on any atom is -0.456 e. The van der Waals surface area contributed by atoms with E-state index in [4.69, 9.17) is 4.74 Å². The first-order valence-corrected chi connectivity index (χ1v) is 11.0. The summed E-state index contributed by atoms with van der Waals surface area (Å²) in [6.07, 6.45) is 1.54. The molecule has 0 unspecified atom stereocenters. The Labute approximate surface area is 194 Å². The van der Waals surface area contributed by atoms with Crippen LogP contribution in [-0.4, -0.2) is 34.5 Å². The van der Waals surface area contributed by atoms with Crippen molar-refractivity contribution in [2.24, 2.45) is 5.92 Å². The fourth-order valence-electron chi connectivity index (χ4n) is 3.39. The molecule has 0 fully saturated rings. The van der Waals surface area contributed by atoms with Gasteiger partial charge in [-0.15, -0.1) is 0 Å². The van der Waals surface area contributed by atoms with Crippen LogP contribution < -0.4 is 10.6 Å². The molecule has 0 bridgehead atoms. The van der Waals surface area contributed by atoms with E-state index in [9.17, 15) is 14.4 Å². The average molecular weight is 450 g/mol. The Morgan fingerprint density at radius 2 is 1.73 bits per heavy atom. The molecule has 0 spiro atoms. The van der Waals surface area contributed by atoms with Crippen LogP contribution in [0.1, 0.15) is 67.1 Å². The summed E-state index contributed by atoms with van der Waals surface area (Å²) in [5.74, 6) is -0.647. The number of carbonyl (C=O) groups excluding carboxylic acids is 3. The molecule has 7 nitrogen and oxygen atoms in total. The summed E-state index contributed by atoms with van der Waals surface area (Å²) in [6, 6.07) is 12.3. The molecule has 0 aliphatic rings. The summed E-state index contributed by atoms with van der Waals surface area (Å²) in [5.41, 5.74) is 1.89. The Kier molecular flexibility index (Phi) is 6.91. The van der Waals surface area contributed by atoms with E-state index in [0.29, 0.717) is 45.9 Å². The lowest BCUT2D eigenvalue weighted by Crippen LogP contribution is -2.24. The summed E-state index contributed by atoms with van der Waals surface area (Å²) in [4.78, 5) is 37.9. The van der Waals surface area contributed by atoms with Crippen molar-refractivity contribution in [3.63, 3.8) is 0 Å². The minimum atomic E-state index is -0.635. The molecular formula is C26H31N3O4. The minimum absolute atomic E-state index is 0.184. The molecule has 0 saturated carbocycles.